The Morgan fingerprint density at radius 2 is 2.13 bits per heavy atom. The third kappa shape index (κ3) is 3.86. The fraction of sp³-hybridized carbons (Fsp3) is 0.455. The average molecular weight is 312 g/mol. The van der Waals surface area contributed by atoms with Crippen LogP contribution in [0, 0.1) is 5.92 Å². The lowest BCUT2D eigenvalue weighted by molar-refractivity contribution is 0.260. The highest BCUT2D eigenvalue weighted by Gasteiger charge is 2.09. The van der Waals surface area contributed by atoms with Crippen molar-refractivity contribution in [3.05, 3.63) is 28.2 Å². The summed E-state index contributed by atoms with van der Waals surface area (Å²) >= 11 is 15.3. The molecule has 0 spiro atoms. The van der Waals surface area contributed by atoms with Crippen LogP contribution in [0.25, 0.3) is 0 Å². The number of halogens is 3. The first-order chi connectivity index (χ1) is 7.19. The van der Waals surface area contributed by atoms with Crippen LogP contribution in [-0.2, 0) is 0 Å². The summed E-state index contributed by atoms with van der Waals surface area (Å²) in [6.07, 6.45) is 1.07. The molecule has 0 aliphatic carbocycles. The van der Waals surface area contributed by atoms with Crippen molar-refractivity contribution in [2.45, 2.75) is 13.3 Å². The largest absolute Gasteiger partial charge is 0.492 e. The third-order valence-corrected chi connectivity index (χ3v) is 3.90. The number of hydrogen-bond acceptors (Lipinski definition) is 1. The zero-order chi connectivity index (χ0) is 11.3. The van der Waals surface area contributed by atoms with E-state index in [1.165, 1.54) is 0 Å². The normalized spacial score (nSPS) is 12.5. The van der Waals surface area contributed by atoms with Gasteiger partial charge in [0, 0.05) is 11.2 Å². The van der Waals surface area contributed by atoms with Crippen molar-refractivity contribution < 1.29 is 4.74 Å². The molecule has 1 rings (SSSR count). The number of alkyl halides is 1. The Balaban J connectivity index is 2.61. The molecule has 84 valence electrons. The molecule has 0 aromatic heterocycles. The van der Waals surface area contributed by atoms with E-state index in [-0.39, 0.29) is 0 Å². The number of rotatable bonds is 5. The number of hydrogen-bond donors (Lipinski definition) is 0. The lowest BCUT2D eigenvalue weighted by Gasteiger charge is -2.14. The Morgan fingerprint density at radius 1 is 1.40 bits per heavy atom. The molecular formula is C11H13BrCl2O. The van der Waals surface area contributed by atoms with Gasteiger partial charge >= 0.3 is 0 Å². The molecule has 1 unspecified atom stereocenters. The van der Waals surface area contributed by atoms with Gasteiger partial charge in [-0.25, -0.2) is 0 Å². The predicted octanol–water partition coefficient (Wildman–Crippen LogP) is 4.79. The van der Waals surface area contributed by atoms with Crippen molar-refractivity contribution in [1.82, 2.24) is 0 Å². The maximum atomic E-state index is 5.99. The van der Waals surface area contributed by atoms with Crippen LogP contribution in [0.5, 0.6) is 5.75 Å². The summed E-state index contributed by atoms with van der Waals surface area (Å²) in [6.45, 7) is 2.79. The van der Waals surface area contributed by atoms with E-state index in [4.69, 9.17) is 27.9 Å². The van der Waals surface area contributed by atoms with E-state index in [0.717, 1.165) is 11.8 Å². The van der Waals surface area contributed by atoms with Crippen molar-refractivity contribution in [2.75, 3.05) is 11.9 Å². The molecule has 1 nitrogen and oxygen atoms in total. The maximum absolute atomic E-state index is 5.99. The Labute approximate surface area is 109 Å². The molecule has 0 N–H and O–H groups in total. The molecule has 0 amide bonds. The van der Waals surface area contributed by atoms with Crippen molar-refractivity contribution in [3.63, 3.8) is 0 Å². The van der Waals surface area contributed by atoms with Gasteiger partial charge < -0.3 is 4.74 Å². The SMILES string of the molecule is CCC(CBr)COc1cccc(Cl)c1Cl. The van der Waals surface area contributed by atoms with Crippen LogP contribution in [0.4, 0.5) is 0 Å². The molecule has 1 aromatic carbocycles. The van der Waals surface area contributed by atoms with Crippen molar-refractivity contribution >= 4 is 39.1 Å². The van der Waals surface area contributed by atoms with E-state index in [0.29, 0.717) is 28.3 Å². The molecule has 15 heavy (non-hydrogen) atoms. The van der Waals surface area contributed by atoms with Crippen LogP contribution in [0.2, 0.25) is 10.0 Å². The molecule has 0 radical (unpaired) electrons. The van der Waals surface area contributed by atoms with E-state index in [1.54, 1.807) is 6.07 Å². The summed E-state index contributed by atoms with van der Waals surface area (Å²) in [5, 5.41) is 1.95. The van der Waals surface area contributed by atoms with E-state index >= 15 is 0 Å². The summed E-state index contributed by atoms with van der Waals surface area (Å²) in [5.41, 5.74) is 0. The Hall–Kier alpha value is 0.0800. The maximum Gasteiger partial charge on any atom is 0.139 e. The first kappa shape index (κ1) is 13.1. The molecule has 0 aliphatic heterocycles. The van der Waals surface area contributed by atoms with E-state index in [1.807, 2.05) is 12.1 Å². The van der Waals surface area contributed by atoms with Crippen molar-refractivity contribution in [1.29, 1.82) is 0 Å². The van der Waals surface area contributed by atoms with Gasteiger partial charge in [-0.2, -0.15) is 0 Å². The topological polar surface area (TPSA) is 9.23 Å². The molecule has 0 aliphatic rings. The van der Waals surface area contributed by atoms with Crippen molar-refractivity contribution in [2.24, 2.45) is 5.92 Å². The van der Waals surface area contributed by atoms with Crippen LogP contribution in [0.1, 0.15) is 13.3 Å². The number of benzene rings is 1. The van der Waals surface area contributed by atoms with Gasteiger partial charge in [0.05, 0.1) is 11.6 Å². The highest BCUT2D eigenvalue weighted by atomic mass is 79.9. The fourth-order valence-corrected chi connectivity index (χ4v) is 2.07. The molecule has 0 heterocycles. The third-order valence-electron chi connectivity index (χ3n) is 2.19. The molecular weight excluding hydrogens is 299 g/mol. The molecule has 1 atom stereocenters. The number of ether oxygens (including phenoxy) is 1. The summed E-state index contributed by atoms with van der Waals surface area (Å²) in [5.74, 6) is 1.16. The minimum atomic E-state index is 0.489. The van der Waals surface area contributed by atoms with Gasteiger partial charge in [0.15, 0.2) is 0 Å². The summed E-state index contributed by atoms with van der Waals surface area (Å²) in [7, 11) is 0. The second kappa shape index (κ2) is 6.62. The van der Waals surface area contributed by atoms with E-state index in [9.17, 15) is 0 Å². The zero-order valence-corrected chi connectivity index (χ0v) is 11.6. The molecule has 4 heteroatoms. The van der Waals surface area contributed by atoms with Crippen molar-refractivity contribution in [3.8, 4) is 5.75 Å². The van der Waals surface area contributed by atoms with Gasteiger partial charge in [0.2, 0.25) is 0 Å². The molecule has 0 bridgehead atoms. The highest BCUT2D eigenvalue weighted by molar-refractivity contribution is 9.09. The van der Waals surface area contributed by atoms with Crippen LogP contribution in [0.3, 0.4) is 0 Å². The minimum Gasteiger partial charge on any atom is -0.492 e. The zero-order valence-electron chi connectivity index (χ0n) is 8.47. The first-order valence-corrected chi connectivity index (χ1v) is 6.69. The molecule has 0 saturated heterocycles. The lowest BCUT2D eigenvalue weighted by atomic mass is 10.1. The van der Waals surface area contributed by atoms with Gasteiger partial charge in [-0.3, -0.25) is 0 Å². The van der Waals surface area contributed by atoms with Crippen LogP contribution in [-0.4, -0.2) is 11.9 Å². The van der Waals surface area contributed by atoms with Gasteiger partial charge in [-0.05, 0) is 18.6 Å². The Morgan fingerprint density at radius 3 is 2.73 bits per heavy atom. The van der Waals surface area contributed by atoms with E-state index < -0.39 is 0 Å². The van der Waals surface area contributed by atoms with Gasteiger partial charge in [0.25, 0.3) is 0 Å². The second-order valence-corrected chi connectivity index (χ2v) is 4.72. The van der Waals surface area contributed by atoms with Crippen LogP contribution < -0.4 is 4.74 Å². The minimum absolute atomic E-state index is 0.489. The smallest absolute Gasteiger partial charge is 0.139 e. The summed E-state index contributed by atoms with van der Waals surface area (Å²) < 4.78 is 5.62. The van der Waals surface area contributed by atoms with Gasteiger partial charge in [-0.1, -0.05) is 52.1 Å². The van der Waals surface area contributed by atoms with Crippen LogP contribution >= 0.6 is 39.1 Å². The monoisotopic (exact) mass is 310 g/mol. The highest BCUT2D eigenvalue weighted by Crippen LogP contribution is 2.31. The Kier molecular flexibility index (Phi) is 5.80. The Bertz CT molecular complexity index is 313. The second-order valence-electron chi connectivity index (χ2n) is 3.29. The predicted molar refractivity (Wildman–Crippen MR) is 69.5 cm³/mol. The van der Waals surface area contributed by atoms with Gasteiger partial charge in [-0.15, -0.1) is 0 Å². The molecule has 0 fully saturated rings. The van der Waals surface area contributed by atoms with Crippen LogP contribution in [0.15, 0.2) is 18.2 Å². The van der Waals surface area contributed by atoms with E-state index in [2.05, 4.69) is 22.9 Å². The summed E-state index contributed by atoms with van der Waals surface area (Å²) in [4.78, 5) is 0. The van der Waals surface area contributed by atoms with Gasteiger partial charge in [0.1, 0.15) is 10.8 Å². The lowest BCUT2D eigenvalue weighted by Crippen LogP contribution is -2.12. The summed E-state index contributed by atoms with van der Waals surface area (Å²) in [6, 6.07) is 5.41. The fourth-order valence-electron chi connectivity index (χ4n) is 1.07. The average Bonchev–Trinajstić information content (AvgIpc) is 2.25. The standard InChI is InChI=1S/C11H13BrCl2O/c1-2-8(6-12)7-15-10-5-3-4-9(13)11(10)14/h3-5,8H,2,6-7H2,1H3. The molecule has 0 saturated carbocycles. The molecule has 1 aromatic rings. The quantitative estimate of drug-likeness (QED) is 0.710. The first-order valence-electron chi connectivity index (χ1n) is 4.81.